The summed E-state index contributed by atoms with van der Waals surface area (Å²) in [5.41, 5.74) is 0. The van der Waals surface area contributed by atoms with Gasteiger partial charge in [-0.15, -0.1) is 0 Å². The lowest BCUT2D eigenvalue weighted by Gasteiger charge is -1.61. The molecule has 0 aliphatic carbocycles. The smallest absolute Gasteiger partial charge is 0.0395 e. The summed E-state index contributed by atoms with van der Waals surface area (Å²) in [5.74, 6) is 0. The van der Waals surface area contributed by atoms with Gasteiger partial charge in [-0.05, 0) is 19.9 Å². The summed E-state index contributed by atoms with van der Waals surface area (Å²) in [4.78, 5) is 0. The highest BCUT2D eigenvalue weighted by Crippen LogP contribution is 1.70. The first-order valence-corrected chi connectivity index (χ1v) is 2.03. The summed E-state index contributed by atoms with van der Waals surface area (Å²) >= 11 is 0. The van der Waals surface area contributed by atoms with Gasteiger partial charge in [0.2, 0.25) is 0 Å². The van der Waals surface area contributed by atoms with E-state index in [1.54, 1.807) is 0 Å². The Hall–Kier alpha value is -0.520. The maximum Gasteiger partial charge on any atom is -0.0395 e. The van der Waals surface area contributed by atoms with Crippen molar-refractivity contribution >= 4 is 0 Å². The van der Waals surface area contributed by atoms with Gasteiger partial charge in [0.1, 0.15) is 0 Å². The molecule has 0 heteroatoms. The van der Waals surface area contributed by atoms with Crippen LogP contribution >= 0.6 is 0 Å². The monoisotopic (exact) mass is 81.1 g/mol. The normalized spacial score (nSPS) is 11.7. The Labute approximate surface area is 39.2 Å². The summed E-state index contributed by atoms with van der Waals surface area (Å²) < 4.78 is 0. The van der Waals surface area contributed by atoms with E-state index in [4.69, 9.17) is 0 Å². The molecule has 0 N–H and O–H groups in total. The topological polar surface area (TPSA) is 0 Å². The lowest BCUT2D eigenvalue weighted by atomic mass is 10.5. The highest BCUT2D eigenvalue weighted by atomic mass is 13.6. The van der Waals surface area contributed by atoms with Crippen LogP contribution in [-0.2, 0) is 0 Å². The summed E-state index contributed by atoms with van der Waals surface area (Å²) in [7, 11) is 0. The van der Waals surface area contributed by atoms with Crippen LogP contribution in [0.2, 0.25) is 0 Å². The van der Waals surface area contributed by atoms with E-state index < -0.39 is 0 Å². The molecule has 0 bridgehead atoms. The lowest BCUT2D eigenvalue weighted by Crippen LogP contribution is -1.41. The number of allylic oxidation sites excluding steroid dienone is 4. The van der Waals surface area contributed by atoms with E-state index in [-0.39, 0.29) is 0 Å². The van der Waals surface area contributed by atoms with Crippen LogP contribution in [0.5, 0.6) is 0 Å². The standard InChI is InChI=1S/C6H9/c1-3-5-6-4-2/h3,5-6H,1-2H3. The fourth-order valence-corrected chi connectivity index (χ4v) is 0.192. The van der Waals surface area contributed by atoms with Crippen molar-refractivity contribution in [3.63, 3.8) is 0 Å². The summed E-state index contributed by atoms with van der Waals surface area (Å²) in [6.07, 6.45) is 8.64. The summed E-state index contributed by atoms with van der Waals surface area (Å²) in [5, 5.41) is 0. The van der Waals surface area contributed by atoms with Crippen molar-refractivity contribution < 1.29 is 0 Å². The van der Waals surface area contributed by atoms with Crippen LogP contribution < -0.4 is 0 Å². The number of hydrogen-bond donors (Lipinski definition) is 0. The maximum absolute atomic E-state index is 2.86. The van der Waals surface area contributed by atoms with E-state index in [1.165, 1.54) is 0 Å². The van der Waals surface area contributed by atoms with E-state index in [0.29, 0.717) is 0 Å². The third-order valence-electron chi connectivity index (χ3n) is 0.455. The molecule has 0 spiro atoms. The molecule has 0 amide bonds. The summed E-state index contributed by atoms with van der Waals surface area (Å²) in [6, 6.07) is 0. The van der Waals surface area contributed by atoms with Crippen LogP contribution in [0.25, 0.3) is 0 Å². The molecule has 33 valence electrons. The molecule has 0 unspecified atom stereocenters. The zero-order valence-corrected chi connectivity index (χ0v) is 4.23. The van der Waals surface area contributed by atoms with Gasteiger partial charge in [-0.3, -0.25) is 0 Å². The molecule has 0 aliphatic heterocycles. The van der Waals surface area contributed by atoms with E-state index in [0.717, 1.165) is 0 Å². The van der Waals surface area contributed by atoms with Gasteiger partial charge in [0.25, 0.3) is 0 Å². The maximum atomic E-state index is 2.86. The zero-order chi connectivity index (χ0) is 4.83. The largest absolute Gasteiger partial charge is 0.0877 e. The Kier molecular flexibility index (Phi) is 4.09. The molecule has 0 nitrogen and oxygen atoms in total. The highest BCUT2D eigenvalue weighted by molar-refractivity contribution is 4.95. The molecular formula is C6H9. The molecule has 0 aromatic rings. The van der Waals surface area contributed by atoms with Crippen molar-refractivity contribution in [2.75, 3.05) is 0 Å². The molecule has 0 fully saturated rings. The van der Waals surface area contributed by atoms with Crippen molar-refractivity contribution in [2.45, 2.75) is 13.8 Å². The van der Waals surface area contributed by atoms with Gasteiger partial charge in [-0.2, -0.15) is 0 Å². The Morgan fingerprint density at radius 2 is 2.17 bits per heavy atom. The fourth-order valence-electron chi connectivity index (χ4n) is 0.192. The van der Waals surface area contributed by atoms with Crippen LogP contribution in [0.3, 0.4) is 0 Å². The van der Waals surface area contributed by atoms with Gasteiger partial charge in [0.05, 0.1) is 0 Å². The van der Waals surface area contributed by atoms with Crippen molar-refractivity contribution in [2.24, 2.45) is 0 Å². The van der Waals surface area contributed by atoms with Crippen LogP contribution in [-0.4, -0.2) is 0 Å². The number of rotatable bonds is 1. The molecule has 1 radical (unpaired) electrons. The Balaban J connectivity index is 3.07. The Morgan fingerprint density at radius 3 is 2.33 bits per heavy atom. The van der Waals surface area contributed by atoms with Gasteiger partial charge in [-0.1, -0.05) is 18.2 Å². The zero-order valence-electron chi connectivity index (χ0n) is 4.23. The predicted octanol–water partition coefficient (Wildman–Crippen LogP) is 1.94. The average molecular weight is 81.1 g/mol. The molecule has 0 aromatic carbocycles. The second kappa shape index (κ2) is 4.48. The Morgan fingerprint density at radius 1 is 1.50 bits per heavy atom. The molecule has 0 aliphatic rings. The third-order valence-corrected chi connectivity index (χ3v) is 0.455. The molecule has 0 aromatic heterocycles. The molecule has 0 atom stereocenters. The lowest BCUT2D eigenvalue weighted by molar-refractivity contribution is 1.63. The van der Waals surface area contributed by atoms with Crippen LogP contribution in [0, 0.1) is 6.08 Å². The SMILES string of the molecule is C/[C]=C/C=CC. The second-order valence-corrected chi connectivity index (χ2v) is 0.981. The van der Waals surface area contributed by atoms with Gasteiger partial charge >= 0.3 is 0 Å². The predicted molar refractivity (Wildman–Crippen MR) is 28.3 cm³/mol. The van der Waals surface area contributed by atoms with E-state index >= 15 is 0 Å². The third kappa shape index (κ3) is 3.48. The van der Waals surface area contributed by atoms with E-state index in [1.807, 2.05) is 32.1 Å². The van der Waals surface area contributed by atoms with Gasteiger partial charge in [-0.25, -0.2) is 0 Å². The van der Waals surface area contributed by atoms with Crippen LogP contribution in [0.4, 0.5) is 0 Å². The number of hydrogen-bond acceptors (Lipinski definition) is 0. The molecule has 0 rings (SSSR count). The van der Waals surface area contributed by atoms with Crippen LogP contribution in [0.15, 0.2) is 18.2 Å². The minimum absolute atomic E-state index is 1.88. The highest BCUT2D eigenvalue weighted by Gasteiger charge is 1.49. The Bertz CT molecular complexity index is 48.4. The minimum atomic E-state index is 1.88. The van der Waals surface area contributed by atoms with Crippen molar-refractivity contribution in [3.05, 3.63) is 24.3 Å². The first-order chi connectivity index (χ1) is 2.91. The molecule has 0 heterocycles. The minimum Gasteiger partial charge on any atom is -0.0877 e. The second-order valence-electron chi connectivity index (χ2n) is 0.981. The van der Waals surface area contributed by atoms with Crippen LogP contribution in [0.1, 0.15) is 13.8 Å². The molecule has 6 heavy (non-hydrogen) atoms. The van der Waals surface area contributed by atoms with Gasteiger partial charge in [0, 0.05) is 0 Å². The average Bonchev–Trinajstić information content (AvgIpc) is 1.61. The van der Waals surface area contributed by atoms with Gasteiger partial charge < -0.3 is 0 Å². The molecule has 0 saturated heterocycles. The molecular weight excluding hydrogens is 72.1 g/mol. The first kappa shape index (κ1) is 5.48. The van der Waals surface area contributed by atoms with Gasteiger partial charge in [0.15, 0.2) is 0 Å². The first-order valence-electron chi connectivity index (χ1n) is 2.03. The van der Waals surface area contributed by atoms with Crippen molar-refractivity contribution in [3.8, 4) is 0 Å². The van der Waals surface area contributed by atoms with Crippen molar-refractivity contribution in [1.29, 1.82) is 0 Å². The molecule has 0 saturated carbocycles. The van der Waals surface area contributed by atoms with E-state index in [9.17, 15) is 0 Å². The quantitative estimate of drug-likeness (QED) is 0.423. The fraction of sp³-hybridized carbons (Fsp3) is 0.333. The summed E-state index contributed by atoms with van der Waals surface area (Å²) in [6.45, 7) is 3.86. The van der Waals surface area contributed by atoms with E-state index in [2.05, 4.69) is 6.08 Å². The van der Waals surface area contributed by atoms with Crippen molar-refractivity contribution in [1.82, 2.24) is 0 Å².